The first-order valence-electron chi connectivity index (χ1n) is 6.66. The SMILES string of the molecule is CCCCC1COC2(CCCCCC2)O1. The lowest BCUT2D eigenvalue weighted by Crippen LogP contribution is -2.30. The first-order chi connectivity index (χ1) is 7.35. The van der Waals surface area contributed by atoms with E-state index in [1.807, 2.05) is 0 Å². The molecule has 2 aliphatic rings. The van der Waals surface area contributed by atoms with Crippen molar-refractivity contribution >= 4 is 0 Å². The van der Waals surface area contributed by atoms with E-state index in [1.165, 1.54) is 44.9 Å². The molecule has 0 aromatic heterocycles. The predicted molar refractivity (Wildman–Crippen MR) is 60.8 cm³/mol. The third-order valence-corrected chi connectivity index (χ3v) is 3.66. The molecular weight excluding hydrogens is 188 g/mol. The Kier molecular flexibility index (Phi) is 4.04. The topological polar surface area (TPSA) is 18.5 Å². The molecule has 0 aromatic rings. The highest BCUT2D eigenvalue weighted by Gasteiger charge is 2.40. The Morgan fingerprint density at radius 2 is 1.87 bits per heavy atom. The standard InChI is InChI=1S/C13H24O2/c1-2-3-8-12-11-14-13(15-12)9-6-4-5-7-10-13/h12H,2-11H2,1H3. The van der Waals surface area contributed by atoms with Gasteiger partial charge in [-0.25, -0.2) is 0 Å². The minimum Gasteiger partial charge on any atom is -0.347 e. The number of rotatable bonds is 3. The third-order valence-electron chi connectivity index (χ3n) is 3.66. The van der Waals surface area contributed by atoms with Gasteiger partial charge in [0.1, 0.15) is 0 Å². The maximum atomic E-state index is 6.15. The van der Waals surface area contributed by atoms with Gasteiger partial charge in [-0.2, -0.15) is 0 Å². The maximum absolute atomic E-state index is 6.15. The number of hydrogen-bond acceptors (Lipinski definition) is 2. The number of hydrogen-bond donors (Lipinski definition) is 0. The van der Waals surface area contributed by atoms with Crippen LogP contribution in [-0.4, -0.2) is 18.5 Å². The van der Waals surface area contributed by atoms with Crippen LogP contribution in [0.15, 0.2) is 0 Å². The lowest BCUT2D eigenvalue weighted by atomic mass is 10.1. The lowest BCUT2D eigenvalue weighted by Gasteiger charge is -2.26. The van der Waals surface area contributed by atoms with Gasteiger partial charge in [0.25, 0.3) is 0 Å². The van der Waals surface area contributed by atoms with Crippen molar-refractivity contribution in [2.75, 3.05) is 6.61 Å². The second-order valence-electron chi connectivity index (χ2n) is 5.02. The van der Waals surface area contributed by atoms with Crippen LogP contribution in [-0.2, 0) is 9.47 Å². The quantitative estimate of drug-likeness (QED) is 0.711. The number of ether oxygens (including phenoxy) is 2. The second-order valence-corrected chi connectivity index (χ2v) is 5.02. The van der Waals surface area contributed by atoms with Crippen LogP contribution >= 0.6 is 0 Å². The molecule has 0 aromatic carbocycles. The largest absolute Gasteiger partial charge is 0.347 e. The summed E-state index contributed by atoms with van der Waals surface area (Å²) in [6.07, 6.45) is 11.6. The summed E-state index contributed by atoms with van der Waals surface area (Å²) in [6.45, 7) is 3.07. The van der Waals surface area contributed by atoms with Crippen molar-refractivity contribution in [3.8, 4) is 0 Å². The molecule has 1 spiro atoms. The molecule has 2 fully saturated rings. The zero-order chi connectivity index (χ0) is 10.6. The van der Waals surface area contributed by atoms with Gasteiger partial charge in [0, 0.05) is 12.8 Å². The summed E-state index contributed by atoms with van der Waals surface area (Å²) in [5.74, 6) is -0.172. The minimum atomic E-state index is -0.172. The molecule has 0 N–H and O–H groups in total. The highest BCUT2D eigenvalue weighted by Crippen LogP contribution is 2.37. The Balaban J connectivity index is 1.83. The summed E-state index contributed by atoms with van der Waals surface area (Å²) in [5.41, 5.74) is 0. The molecular formula is C13H24O2. The molecule has 1 aliphatic heterocycles. The molecule has 1 unspecified atom stereocenters. The zero-order valence-corrected chi connectivity index (χ0v) is 9.96. The smallest absolute Gasteiger partial charge is 0.168 e. The molecule has 2 heteroatoms. The normalized spacial score (nSPS) is 30.6. The van der Waals surface area contributed by atoms with Gasteiger partial charge in [0.2, 0.25) is 0 Å². The zero-order valence-electron chi connectivity index (χ0n) is 9.96. The van der Waals surface area contributed by atoms with E-state index in [0.29, 0.717) is 6.10 Å². The average Bonchev–Trinajstić information content (AvgIpc) is 2.49. The summed E-state index contributed by atoms with van der Waals surface area (Å²) < 4.78 is 12.1. The van der Waals surface area contributed by atoms with Crippen LogP contribution in [0.3, 0.4) is 0 Å². The van der Waals surface area contributed by atoms with Crippen molar-refractivity contribution in [1.29, 1.82) is 0 Å². The Labute approximate surface area is 93.3 Å². The van der Waals surface area contributed by atoms with E-state index in [0.717, 1.165) is 19.4 Å². The van der Waals surface area contributed by atoms with Crippen LogP contribution in [0.4, 0.5) is 0 Å². The van der Waals surface area contributed by atoms with Crippen molar-refractivity contribution in [2.45, 2.75) is 76.6 Å². The third kappa shape index (κ3) is 2.94. The van der Waals surface area contributed by atoms with E-state index in [2.05, 4.69) is 6.92 Å². The summed E-state index contributed by atoms with van der Waals surface area (Å²) in [7, 11) is 0. The molecule has 1 saturated carbocycles. The van der Waals surface area contributed by atoms with E-state index in [4.69, 9.17) is 9.47 Å². The van der Waals surface area contributed by atoms with E-state index < -0.39 is 0 Å². The molecule has 15 heavy (non-hydrogen) atoms. The van der Waals surface area contributed by atoms with Crippen molar-refractivity contribution < 1.29 is 9.47 Å². The van der Waals surface area contributed by atoms with Crippen LogP contribution in [0.1, 0.15) is 64.7 Å². The van der Waals surface area contributed by atoms with Crippen LogP contribution in [0, 0.1) is 0 Å². The fraction of sp³-hybridized carbons (Fsp3) is 1.00. The Morgan fingerprint density at radius 1 is 1.13 bits per heavy atom. The van der Waals surface area contributed by atoms with Crippen molar-refractivity contribution in [1.82, 2.24) is 0 Å². The van der Waals surface area contributed by atoms with Crippen LogP contribution < -0.4 is 0 Å². The van der Waals surface area contributed by atoms with Crippen LogP contribution in [0.5, 0.6) is 0 Å². The van der Waals surface area contributed by atoms with Gasteiger partial charge in [-0.05, 0) is 19.3 Å². The Bertz CT molecular complexity index is 183. The highest BCUT2D eigenvalue weighted by molar-refractivity contribution is 4.81. The summed E-state index contributed by atoms with van der Waals surface area (Å²) in [4.78, 5) is 0. The molecule has 2 nitrogen and oxygen atoms in total. The van der Waals surface area contributed by atoms with Gasteiger partial charge in [-0.15, -0.1) is 0 Å². The summed E-state index contributed by atoms with van der Waals surface area (Å²) in [6, 6.07) is 0. The van der Waals surface area contributed by atoms with Crippen molar-refractivity contribution in [3.63, 3.8) is 0 Å². The van der Waals surface area contributed by atoms with Gasteiger partial charge in [-0.3, -0.25) is 0 Å². The highest BCUT2D eigenvalue weighted by atomic mass is 16.7. The van der Waals surface area contributed by atoms with Crippen LogP contribution in [0.25, 0.3) is 0 Å². The van der Waals surface area contributed by atoms with Gasteiger partial charge in [0.15, 0.2) is 5.79 Å². The Hall–Kier alpha value is -0.0800. The molecule has 1 saturated heterocycles. The molecule has 88 valence electrons. The van der Waals surface area contributed by atoms with E-state index in [9.17, 15) is 0 Å². The molecule has 1 heterocycles. The minimum absolute atomic E-state index is 0.172. The molecule has 1 aliphatic carbocycles. The summed E-state index contributed by atoms with van der Waals surface area (Å²) in [5, 5.41) is 0. The van der Waals surface area contributed by atoms with Gasteiger partial charge < -0.3 is 9.47 Å². The number of unbranched alkanes of at least 4 members (excludes halogenated alkanes) is 1. The van der Waals surface area contributed by atoms with Gasteiger partial charge in [0.05, 0.1) is 12.7 Å². The second kappa shape index (κ2) is 5.31. The molecule has 2 rings (SSSR count). The van der Waals surface area contributed by atoms with E-state index >= 15 is 0 Å². The molecule has 0 radical (unpaired) electrons. The van der Waals surface area contributed by atoms with E-state index in [-0.39, 0.29) is 5.79 Å². The fourth-order valence-electron chi connectivity index (χ4n) is 2.72. The van der Waals surface area contributed by atoms with Crippen molar-refractivity contribution in [3.05, 3.63) is 0 Å². The van der Waals surface area contributed by atoms with Crippen molar-refractivity contribution in [2.24, 2.45) is 0 Å². The first-order valence-corrected chi connectivity index (χ1v) is 6.66. The van der Waals surface area contributed by atoms with Gasteiger partial charge >= 0.3 is 0 Å². The molecule has 0 amide bonds. The van der Waals surface area contributed by atoms with Crippen LogP contribution in [0.2, 0.25) is 0 Å². The Morgan fingerprint density at radius 3 is 2.53 bits per heavy atom. The average molecular weight is 212 g/mol. The van der Waals surface area contributed by atoms with E-state index in [1.54, 1.807) is 0 Å². The monoisotopic (exact) mass is 212 g/mol. The molecule has 0 bridgehead atoms. The first kappa shape index (κ1) is 11.4. The summed E-state index contributed by atoms with van der Waals surface area (Å²) >= 11 is 0. The maximum Gasteiger partial charge on any atom is 0.168 e. The fourth-order valence-corrected chi connectivity index (χ4v) is 2.72. The predicted octanol–water partition coefficient (Wildman–Crippen LogP) is 3.64. The molecule has 1 atom stereocenters. The van der Waals surface area contributed by atoms with Gasteiger partial charge in [-0.1, -0.05) is 32.6 Å². The lowest BCUT2D eigenvalue weighted by molar-refractivity contribution is -0.176.